The molecule has 6 heteroatoms. The van der Waals surface area contributed by atoms with E-state index in [1.165, 1.54) is 12.1 Å². The Kier molecular flexibility index (Phi) is 3.42. The van der Waals surface area contributed by atoms with Crippen molar-refractivity contribution in [2.24, 2.45) is 0 Å². The molecule has 0 aliphatic heterocycles. The molecule has 0 saturated carbocycles. The number of aromatic nitrogens is 1. The summed E-state index contributed by atoms with van der Waals surface area (Å²) in [6, 6.07) is 10.1. The average molecular weight is 385 g/mol. The smallest absolute Gasteiger partial charge is 0.179 e. The maximum absolute atomic E-state index is 11.7. The van der Waals surface area contributed by atoms with E-state index >= 15 is 0 Å². The van der Waals surface area contributed by atoms with Crippen LogP contribution in [0, 0.1) is 0 Å². The van der Waals surface area contributed by atoms with Crippen molar-refractivity contribution in [2.75, 3.05) is 11.9 Å². The second kappa shape index (κ2) is 5.49. The van der Waals surface area contributed by atoms with Crippen molar-refractivity contribution in [2.45, 2.75) is 6.92 Å². The molecule has 4 rings (SSSR count). The van der Waals surface area contributed by atoms with Gasteiger partial charge in [-0.05, 0) is 53.2 Å². The Bertz CT molecular complexity index is 1170. The highest BCUT2D eigenvalue weighted by atomic mass is 79.9. The van der Waals surface area contributed by atoms with Crippen LogP contribution in [0.4, 0.5) is 5.69 Å². The van der Waals surface area contributed by atoms with Gasteiger partial charge in [0.15, 0.2) is 16.6 Å². The molecule has 0 aliphatic rings. The van der Waals surface area contributed by atoms with E-state index in [-0.39, 0.29) is 11.2 Å². The third kappa shape index (κ3) is 2.22. The standard InChI is InChI=1S/C18H13BrN2O3/c1-2-20-9-3-6-13-14(7-9)24-18-15(19)17(23)11-5-4-10(22)8-12(11)16(18)21-13/h3-8,20,23H,2H2,1H3. The van der Waals surface area contributed by atoms with E-state index in [0.717, 1.165) is 12.2 Å². The highest BCUT2D eigenvalue weighted by Crippen LogP contribution is 2.40. The van der Waals surface area contributed by atoms with E-state index in [2.05, 4.69) is 26.2 Å². The van der Waals surface area contributed by atoms with Crippen molar-refractivity contribution in [3.63, 3.8) is 0 Å². The second-order valence-electron chi connectivity index (χ2n) is 5.47. The summed E-state index contributed by atoms with van der Waals surface area (Å²) in [5.41, 5.74) is 3.01. The van der Waals surface area contributed by atoms with Crippen molar-refractivity contribution in [1.29, 1.82) is 0 Å². The Hall–Kier alpha value is -2.60. The number of phenolic OH excluding ortho intramolecular Hbond substituents is 1. The fraction of sp³-hybridized carbons (Fsp3) is 0.111. The van der Waals surface area contributed by atoms with Crippen LogP contribution in [0.3, 0.4) is 0 Å². The van der Waals surface area contributed by atoms with E-state index in [9.17, 15) is 9.90 Å². The molecule has 0 aliphatic carbocycles. The minimum atomic E-state index is -0.144. The number of halogens is 1. The largest absolute Gasteiger partial charge is 0.506 e. The SMILES string of the molecule is CCNc1ccc2nc3c(oc2c1)c(Br)c(O)c1ccc(=O)cc13. The van der Waals surface area contributed by atoms with Gasteiger partial charge in [-0.2, -0.15) is 0 Å². The Morgan fingerprint density at radius 1 is 1.21 bits per heavy atom. The first kappa shape index (κ1) is 15.0. The Balaban J connectivity index is 2.16. The highest BCUT2D eigenvalue weighted by Gasteiger charge is 2.16. The molecule has 0 atom stereocenters. The second-order valence-corrected chi connectivity index (χ2v) is 6.27. The predicted octanol–water partition coefficient (Wildman–Crippen LogP) is 4.39. The van der Waals surface area contributed by atoms with Crippen LogP contribution < -0.4 is 10.7 Å². The first-order valence-corrected chi connectivity index (χ1v) is 8.30. The van der Waals surface area contributed by atoms with Crippen LogP contribution in [0.2, 0.25) is 0 Å². The van der Waals surface area contributed by atoms with Crippen LogP contribution in [0.1, 0.15) is 6.92 Å². The van der Waals surface area contributed by atoms with Crippen LogP contribution in [-0.4, -0.2) is 16.6 Å². The number of phenols is 1. The van der Waals surface area contributed by atoms with Gasteiger partial charge in [0.05, 0.1) is 0 Å². The maximum Gasteiger partial charge on any atom is 0.179 e. The fourth-order valence-electron chi connectivity index (χ4n) is 2.81. The summed E-state index contributed by atoms with van der Waals surface area (Å²) < 4.78 is 6.40. The summed E-state index contributed by atoms with van der Waals surface area (Å²) in [7, 11) is 0. The van der Waals surface area contributed by atoms with Gasteiger partial charge in [-0.25, -0.2) is 4.98 Å². The lowest BCUT2D eigenvalue weighted by atomic mass is 10.1. The van der Waals surface area contributed by atoms with Crippen molar-refractivity contribution in [3.05, 3.63) is 51.1 Å². The van der Waals surface area contributed by atoms with Gasteiger partial charge in [-0.15, -0.1) is 0 Å². The van der Waals surface area contributed by atoms with Crippen LogP contribution in [0.15, 0.2) is 50.1 Å². The normalized spacial score (nSPS) is 11.4. The lowest BCUT2D eigenvalue weighted by Gasteiger charge is -2.10. The minimum Gasteiger partial charge on any atom is -0.506 e. The molecule has 24 heavy (non-hydrogen) atoms. The van der Waals surface area contributed by atoms with Crippen molar-refractivity contribution >= 4 is 54.6 Å². The monoisotopic (exact) mass is 384 g/mol. The molecule has 0 saturated heterocycles. The van der Waals surface area contributed by atoms with Crippen LogP contribution in [0.5, 0.6) is 5.75 Å². The first-order valence-electron chi connectivity index (χ1n) is 7.51. The van der Waals surface area contributed by atoms with Crippen molar-refractivity contribution < 1.29 is 9.52 Å². The highest BCUT2D eigenvalue weighted by molar-refractivity contribution is 9.10. The van der Waals surface area contributed by atoms with Gasteiger partial charge in [0.1, 0.15) is 21.3 Å². The van der Waals surface area contributed by atoms with Crippen LogP contribution in [-0.2, 0) is 0 Å². The molecule has 2 N–H and O–H groups in total. The van der Waals surface area contributed by atoms with Gasteiger partial charge < -0.3 is 14.8 Å². The average Bonchev–Trinajstić information content (AvgIpc) is 2.58. The third-order valence-electron chi connectivity index (χ3n) is 3.91. The molecule has 0 amide bonds. The van der Waals surface area contributed by atoms with E-state index < -0.39 is 0 Å². The predicted molar refractivity (Wildman–Crippen MR) is 98.8 cm³/mol. The Morgan fingerprint density at radius 2 is 2.04 bits per heavy atom. The summed E-state index contributed by atoms with van der Waals surface area (Å²) in [6.45, 7) is 2.81. The van der Waals surface area contributed by atoms with Crippen molar-refractivity contribution in [1.82, 2.24) is 4.98 Å². The van der Waals surface area contributed by atoms with Gasteiger partial charge >= 0.3 is 0 Å². The number of nitrogens with one attached hydrogen (secondary N) is 1. The maximum atomic E-state index is 11.7. The summed E-state index contributed by atoms with van der Waals surface area (Å²) >= 11 is 3.38. The number of benzene rings is 3. The quantitative estimate of drug-likeness (QED) is 0.395. The lowest BCUT2D eigenvalue weighted by Crippen LogP contribution is -1.97. The molecular weight excluding hydrogens is 372 g/mol. The molecule has 4 aromatic rings. The summed E-state index contributed by atoms with van der Waals surface area (Å²) in [5.74, 6) is 0.0326. The molecule has 1 aromatic heterocycles. The van der Waals surface area contributed by atoms with Gasteiger partial charge in [-0.3, -0.25) is 4.79 Å². The zero-order chi connectivity index (χ0) is 16.8. The van der Waals surface area contributed by atoms with Gasteiger partial charge in [0, 0.05) is 29.1 Å². The number of aromatic hydroxyl groups is 1. The number of fused-ring (bicyclic) bond motifs is 4. The zero-order valence-electron chi connectivity index (χ0n) is 12.8. The zero-order valence-corrected chi connectivity index (χ0v) is 14.3. The van der Waals surface area contributed by atoms with E-state index in [1.54, 1.807) is 6.07 Å². The topological polar surface area (TPSA) is 75.4 Å². The van der Waals surface area contributed by atoms with Gasteiger partial charge in [0.25, 0.3) is 0 Å². The molecule has 0 fully saturated rings. The summed E-state index contributed by atoms with van der Waals surface area (Å²) in [4.78, 5) is 16.4. The van der Waals surface area contributed by atoms with Crippen molar-refractivity contribution in [3.8, 4) is 5.75 Å². The number of rotatable bonds is 2. The molecular formula is C18H13BrN2O3. The van der Waals surface area contributed by atoms with E-state index in [1.807, 2.05) is 25.1 Å². The van der Waals surface area contributed by atoms with Gasteiger partial charge in [-0.1, -0.05) is 0 Å². The Labute approximate surface area is 145 Å². The molecule has 5 nitrogen and oxygen atoms in total. The summed E-state index contributed by atoms with van der Waals surface area (Å²) in [5, 5.41) is 14.8. The minimum absolute atomic E-state index is 0.0326. The number of anilines is 1. The first-order chi connectivity index (χ1) is 11.6. The Morgan fingerprint density at radius 3 is 2.83 bits per heavy atom. The number of nitrogens with zero attached hydrogens (tertiary/aromatic N) is 1. The number of hydrogen-bond acceptors (Lipinski definition) is 5. The number of hydrogen-bond donors (Lipinski definition) is 2. The van der Waals surface area contributed by atoms with E-state index in [4.69, 9.17) is 4.42 Å². The van der Waals surface area contributed by atoms with E-state index in [0.29, 0.717) is 37.4 Å². The van der Waals surface area contributed by atoms with Crippen LogP contribution >= 0.6 is 15.9 Å². The fourth-order valence-corrected chi connectivity index (χ4v) is 3.30. The molecule has 120 valence electrons. The van der Waals surface area contributed by atoms with Crippen LogP contribution in [0.25, 0.3) is 33.0 Å². The molecule has 0 bridgehead atoms. The lowest BCUT2D eigenvalue weighted by molar-refractivity contribution is 0.477. The summed E-state index contributed by atoms with van der Waals surface area (Å²) in [6.07, 6.45) is 0. The molecule has 3 aromatic carbocycles. The molecule has 0 radical (unpaired) electrons. The molecule has 0 unspecified atom stereocenters. The van der Waals surface area contributed by atoms with Gasteiger partial charge in [0.2, 0.25) is 0 Å². The third-order valence-corrected chi connectivity index (χ3v) is 4.64. The molecule has 1 heterocycles. The molecule has 0 spiro atoms.